The van der Waals surface area contributed by atoms with Crippen molar-refractivity contribution in [3.05, 3.63) is 153 Å². The van der Waals surface area contributed by atoms with Gasteiger partial charge in [0.15, 0.2) is 17.2 Å². The molecule has 6 nitrogen and oxygen atoms in total. The lowest BCUT2D eigenvalue weighted by Crippen LogP contribution is -2.46. The fourth-order valence-corrected chi connectivity index (χ4v) is 10.3. The van der Waals surface area contributed by atoms with Gasteiger partial charge >= 0.3 is 0 Å². The highest BCUT2D eigenvalue weighted by Crippen LogP contribution is 2.53. The second kappa shape index (κ2) is 11.6. The summed E-state index contributed by atoms with van der Waals surface area (Å²) in [6.45, 7) is 8.48. The number of ether oxygens (including phenoxy) is 1. The number of hydrogen-bond donors (Lipinski definition) is 0. The smallest absolute Gasteiger partial charge is 0.212 e. The van der Waals surface area contributed by atoms with Crippen molar-refractivity contribution in [1.82, 2.24) is 4.58 Å². The third-order valence-corrected chi connectivity index (χ3v) is 13.5. The molecule has 3 aliphatic heterocycles. The maximum atomic E-state index is 16.6. The molecule has 10 heteroatoms. The predicted molar refractivity (Wildman–Crippen MR) is 216 cm³/mol. The van der Waals surface area contributed by atoms with Crippen LogP contribution in [0.5, 0.6) is 11.5 Å². The highest BCUT2D eigenvalue weighted by Gasteiger charge is 2.42. The molecule has 57 heavy (non-hydrogen) atoms. The fraction of sp³-hybridized carbons (Fsp3) is 0.170. The maximum absolute atomic E-state index is 16.6. The van der Waals surface area contributed by atoms with Gasteiger partial charge in [-0.15, -0.1) is 0 Å². The average Bonchev–Trinajstić information content (AvgIpc) is 3.17. The number of fused-ring (bicyclic) bond motifs is 12. The lowest BCUT2D eigenvalue weighted by atomic mass is 9.77. The molecule has 7 aromatic carbocycles. The molecule has 0 amide bonds. The zero-order valence-electron chi connectivity index (χ0n) is 31.9. The topological polar surface area (TPSA) is 72.7 Å². The van der Waals surface area contributed by atoms with E-state index in [0.717, 1.165) is 54.8 Å². The molecule has 0 spiro atoms. The van der Waals surface area contributed by atoms with E-state index in [2.05, 4.69) is 49.3 Å². The summed E-state index contributed by atoms with van der Waals surface area (Å²) >= 11 is 0. The van der Waals surface area contributed by atoms with Crippen LogP contribution >= 0.6 is 0 Å². The van der Waals surface area contributed by atoms with Crippen LogP contribution in [0.3, 0.4) is 0 Å². The van der Waals surface area contributed by atoms with Crippen LogP contribution < -0.4 is 24.8 Å². The number of rotatable bonds is 2. The first-order valence-corrected chi connectivity index (χ1v) is 20.0. The monoisotopic (exact) mass is 780 g/mol. The van der Waals surface area contributed by atoms with Gasteiger partial charge in [0.05, 0.1) is 17.2 Å². The summed E-state index contributed by atoms with van der Waals surface area (Å²) in [5.41, 5.74) is 3.95. The molecule has 0 aliphatic carbocycles. The molecular formula is C47H35F3N2O4S. The van der Waals surface area contributed by atoms with E-state index in [1.54, 1.807) is 24.3 Å². The van der Waals surface area contributed by atoms with E-state index in [1.165, 1.54) is 0 Å². The van der Waals surface area contributed by atoms with E-state index in [0.29, 0.717) is 11.1 Å². The molecule has 0 radical (unpaired) electrons. The van der Waals surface area contributed by atoms with Crippen molar-refractivity contribution in [1.29, 1.82) is 0 Å². The van der Waals surface area contributed by atoms with Crippen LogP contribution in [-0.4, -0.2) is 27.1 Å². The maximum Gasteiger partial charge on any atom is 0.212 e. The van der Waals surface area contributed by atoms with Crippen molar-refractivity contribution in [2.75, 3.05) is 19.0 Å². The lowest BCUT2D eigenvalue weighted by molar-refractivity contribution is 0.370. The molecule has 0 bridgehead atoms. The molecule has 0 N–H and O–H groups in total. The Hall–Kier alpha value is -5.97. The Kier molecular flexibility index (Phi) is 7.18. The first-order chi connectivity index (χ1) is 27.0. The summed E-state index contributed by atoms with van der Waals surface area (Å²) in [5.74, 6) is -4.58. The fourth-order valence-electron chi connectivity index (χ4n) is 9.51. The minimum atomic E-state index is -5.70. The zero-order valence-corrected chi connectivity index (χ0v) is 32.7. The van der Waals surface area contributed by atoms with Crippen LogP contribution in [0.2, 0.25) is 0 Å². The Morgan fingerprint density at radius 3 is 1.95 bits per heavy atom. The summed E-state index contributed by atoms with van der Waals surface area (Å²) in [7, 11) is -1.76. The summed E-state index contributed by atoms with van der Waals surface area (Å²) in [5, 5.41) is 5.08. The van der Waals surface area contributed by atoms with Crippen LogP contribution in [0.25, 0.3) is 49.4 Å². The van der Waals surface area contributed by atoms with Gasteiger partial charge in [0.1, 0.15) is 39.4 Å². The molecule has 7 aromatic rings. The van der Waals surface area contributed by atoms with Gasteiger partial charge in [-0.2, -0.15) is 0 Å². The van der Waals surface area contributed by atoms with Gasteiger partial charge in [-0.25, -0.2) is 26.2 Å². The van der Waals surface area contributed by atoms with Gasteiger partial charge in [-0.05, 0) is 64.2 Å². The van der Waals surface area contributed by atoms with E-state index in [9.17, 15) is 13.0 Å². The average molecular weight is 781 g/mol. The third-order valence-electron chi connectivity index (χ3n) is 12.6. The third kappa shape index (κ3) is 4.74. The molecule has 3 heterocycles. The minimum Gasteiger partial charge on any atom is -0.744 e. The van der Waals surface area contributed by atoms with Gasteiger partial charge < -0.3 is 14.2 Å². The summed E-state index contributed by atoms with van der Waals surface area (Å²) in [4.78, 5) is 0.649. The Bertz CT molecular complexity index is 3270. The highest BCUT2D eigenvalue weighted by atomic mass is 32.2. The first-order valence-electron chi connectivity index (χ1n) is 18.6. The van der Waals surface area contributed by atoms with Crippen LogP contribution in [0.1, 0.15) is 49.9 Å². The van der Waals surface area contributed by atoms with Crippen molar-refractivity contribution in [3.63, 3.8) is 0 Å². The Balaban J connectivity index is 1.39. The zero-order chi connectivity index (χ0) is 40.1. The van der Waals surface area contributed by atoms with Gasteiger partial charge in [-0.3, -0.25) is 0 Å². The number of benzene rings is 7. The Morgan fingerprint density at radius 1 is 0.684 bits per heavy atom. The number of halogens is 3. The molecule has 0 atom stereocenters. The van der Waals surface area contributed by atoms with E-state index < -0.39 is 49.1 Å². The van der Waals surface area contributed by atoms with Gasteiger partial charge in [0, 0.05) is 71.8 Å². The Labute approximate surface area is 327 Å². The van der Waals surface area contributed by atoms with E-state index in [4.69, 9.17) is 4.74 Å². The van der Waals surface area contributed by atoms with E-state index >= 15 is 13.2 Å². The van der Waals surface area contributed by atoms with Crippen LogP contribution in [0, 0.1) is 17.5 Å². The normalized spacial score (nSPS) is 16.0. The minimum absolute atomic E-state index is 0.0990. The van der Waals surface area contributed by atoms with Crippen LogP contribution in [0.15, 0.2) is 108 Å². The number of hydrogen-bond acceptors (Lipinski definition) is 5. The second-order valence-electron chi connectivity index (χ2n) is 16.2. The van der Waals surface area contributed by atoms with Crippen molar-refractivity contribution >= 4 is 42.9 Å². The molecule has 0 saturated heterocycles. The summed E-state index contributed by atoms with van der Waals surface area (Å²) < 4.78 is 95.4. The van der Waals surface area contributed by atoms with E-state index in [-0.39, 0.29) is 33.9 Å². The van der Waals surface area contributed by atoms with E-state index in [1.807, 2.05) is 74.8 Å². The van der Waals surface area contributed by atoms with Crippen molar-refractivity contribution < 1.29 is 30.9 Å². The van der Waals surface area contributed by atoms with Crippen molar-refractivity contribution in [2.24, 2.45) is 0 Å². The SMILES string of the molecule is CN1c2cc3c(cc2-c2ccc4ccccc4c2C1(C)C)C(c1c(F)c(F)cc(F)c1S(=O)(=O)[O-])=c1cc2c(cc1O3)=[N+](C)C(C)(C)c1c-2ccc2ccccc12. The molecule has 0 unspecified atom stereocenters. The van der Waals surface area contributed by atoms with Gasteiger partial charge in [0.25, 0.3) is 0 Å². The molecule has 10 rings (SSSR count). The largest absolute Gasteiger partial charge is 0.744 e. The van der Waals surface area contributed by atoms with Crippen molar-refractivity contribution in [2.45, 2.75) is 43.7 Å². The summed E-state index contributed by atoms with van der Waals surface area (Å²) in [6, 6.07) is 31.3. The number of anilines is 1. The Morgan fingerprint density at radius 2 is 1.30 bits per heavy atom. The molecule has 284 valence electrons. The van der Waals surface area contributed by atoms with Crippen molar-refractivity contribution in [3.8, 4) is 33.8 Å². The summed E-state index contributed by atoms with van der Waals surface area (Å²) in [6.07, 6.45) is 0. The molecule has 3 aliphatic rings. The quantitative estimate of drug-likeness (QED) is 0.0995. The highest BCUT2D eigenvalue weighted by molar-refractivity contribution is 7.85. The number of nitrogens with zero attached hydrogens (tertiary/aromatic N) is 2. The molecule has 0 aromatic heterocycles. The molecule has 0 fully saturated rings. The second-order valence-corrected chi connectivity index (χ2v) is 17.5. The molecule has 0 saturated carbocycles. The van der Waals surface area contributed by atoms with Crippen LogP contribution in [0.4, 0.5) is 18.9 Å². The van der Waals surface area contributed by atoms with Crippen LogP contribution in [-0.2, 0) is 21.2 Å². The van der Waals surface area contributed by atoms with Gasteiger partial charge in [-0.1, -0.05) is 72.8 Å². The van der Waals surface area contributed by atoms with Gasteiger partial charge in [0.2, 0.25) is 5.36 Å². The molecular weight excluding hydrogens is 746 g/mol. The first kappa shape index (κ1) is 35.4. The lowest BCUT2D eigenvalue weighted by Gasteiger charge is -2.45. The standard InChI is InChI=1S/C47H35F3N2O4S/c1-46(2)42-26-13-9-7-11-24(26)15-17-28(42)30-19-32-38(22-36(30)51(46)5)56-39-23-37-31(29-18-16-25-12-8-10-14-27(25)43(29)47(3,4)52(37)6)20-33(39)40(32)41-44(50)34(48)21-35(49)45(41)57(53,54)55/h7-23H,1-6H3. The predicted octanol–water partition coefficient (Wildman–Crippen LogP) is 9.06.